The lowest BCUT2D eigenvalue weighted by Crippen LogP contribution is -1.93. The molecule has 1 aromatic carbocycles. The van der Waals surface area contributed by atoms with Crippen molar-refractivity contribution in [3.8, 4) is 17.7 Å². The van der Waals surface area contributed by atoms with Gasteiger partial charge in [-0.05, 0) is 37.1 Å². The van der Waals surface area contributed by atoms with E-state index < -0.39 is 0 Å². The first-order valence-electron chi connectivity index (χ1n) is 5.97. The Hall–Kier alpha value is -2.38. The molecule has 1 aromatic heterocycles. The largest absolute Gasteiger partial charge is 0.439 e. The first-order chi connectivity index (χ1) is 9.21. The predicted octanol–water partition coefficient (Wildman–Crippen LogP) is 2.59. The van der Waals surface area contributed by atoms with E-state index in [1.54, 1.807) is 12.1 Å². The summed E-state index contributed by atoms with van der Waals surface area (Å²) in [6.07, 6.45) is 0.627. The zero-order valence-corrected chi connectivity index (χ0v) is 10.6. The summed E-state index contributed by atoms with van der Waals surface area (Å²) in [6.45, 7) is 1.95. The molecule has 0 atom stereocenters. The van der Waals surface area contributed by atoms with Crippen molar-refractivity contribution in [3.05, 3.63) is 53.2 Å². The number of nitrogens with zero attached hydrogens (tertiary/aromatic N) is 2. The molecule has 0 unspecified atom stereocenters. The van der Waals surface area contributed by atoms with Crippen molar-refractivity contribution in [2.24, 2.45) is 0 Å². The summed E-state index contributed by atoms with van der Waals surface area (Å²) in [6, 6.07) is 12.8. The molecule has 2 rings (SSSR count). The second-order valence-corrected chi connectivity index (χ2v) is 4.17. The third kappa shape index (κ3) is 3.54. The minimum Gasteiger partial charge on any atom is -0.439 e. The first-order valence-corrected chi connectivity index (χ1v) is 5.97. The molecule has 0 aliphatic heterocycles. The number of hydrogen-bond donors (Lipinski definition) is 1. The summed E-state index contributed by atoms with van der Waals surface area (Å²) in [5, 5.41) is 17.7. The monoisotopic (exact) mass is 254 g/mol. The molecule has 0 amide bonds. The summed E-state index contributed by atoms with van der Waals surface area (Å²) < 4.78 is 5.61. The maximum atomic E-state index is 8.89. The fourth-order valence-corrected chi connectivity index (χ4v) is 1.73. The van der Waals surface area contributed by atoms with Crippen LogP contribution in [-0.4, -0.2) is 16.7 Å². The lowest BCUT2D eigenvalue weighted by molar-refractivity contribution is 0.299. The third-order valence-electron chi connectivity index (χ3n) is 2.61. The number of aryl methyl sites for hydroxylation is 1. The molecule has 2 aromatic rings. The van der Waals surface area contributed by atoms with Crippen LogP contribution >= 0.6 is 0 Å². The van der Waals surface area contributed by atoms with Gasteiger partial charge >= 0.3 is 0 Å². The van der Waals surface area contributed by atoms with E-state index in [1.807, 2.05) is 31.2 Å². The maximum absolute atomic E-state index is 8.89. The van der Waals surface area contributed by atoms with Crippen LogP contribution in [0.2, 0.25) is 0 Å². The molecular weight excluding hydrogens is 240 g/mol. The average Bonchev–Trinajstić information content (AvgIpc) is 2.40. The maximum Gasteiger partial charge on any atom is 0.220 e. The van der Waals surface area contributed by atoms with Gasteiger partial charge in [-0.25, -0.2) is 4.98 Å². The van der Waals surface area contributed by atoms with E-state index >= 15 is 0 Å². The van der Waals surface area contributed by atoms with Crippen LogP contribution in [0, 0.1) is 18.3 Å². The smallest absolute Gasteiger partial charge is 0.220 e. The van der Waals surface area contributed by atoms with Crippen LogP contribution in [0.15, 0.2) is 36.4 Å². The molecule has 1 N–H and O–H groups in total. The van der Waals surface area contributed by atoms with E-state index in [1.165, 1.54) is 0 Å². The Labute approximate surface area is 111 Å². The summed E-state index contributed by atoms with van der Waals surface area (Å²) in [7, 11) is 0. The average molecular weight is 254 g/mol. The number of aliphatic hydroxyl groups excluding tert-OH is 1. The molecule has 0 radical (unpaired) electrons. The van der Waals surface area contributed by atoms with Crippen molar-refractivity contribution in [2.75, 3.05) is 6.61 Å². The highest BCUT2D eigenvalue weighted by Gasteiger charge is 2.03. The zero-order valence-electron chi connectivity index (χ0n) is 10.6. The highest BCUT2D eigenvalue weighted by molar-refractivity contribution is 5.37. The van der Waals surface area contributed by atoms with Gasteiger partial charge in [0.25, 0.3) is 0 Å². The Bertz CT molecular complexity index is 601. The number of rotatable bonds is 4. The number of ether oxygens (including phenoxy) is 1. The Morgan fingerprint density at radius 1 is 1.26 bits per heavy atom. The van der Waals surface area contributed by atoms with Crippen molar-refractivity contribution in [3.63, 3.8) is 0 Å². The van der Waals surface area contributed by atoms with E-state index in [0.717, 1.165) is 11.3 Å². The van der Waals surface area contributed by atoms with E-state index in [4.69, 9.17) is 15.1 Å². The molecule has 0 saturated heterocycles. The second kappa shape index (κ2) is 5.98. The molecule has 0 saturated carbocycles. The van der Waals surface area contributed by atoms with Crippen LogP contribution in [-0.2, 0) is 6.42 Å². The normalized spacial score (nSPS) is 9.95. The molecule has 0 bridgehead atoms. The molecule has 4 heteroatoms. The SMILES string of the molecule is Cc1cc(C#N)cc(Oc2ccc(CCO)cc2)n1. The topological polar surface area (TPSA) is 66.1 Å². The van der Waals surface area contributed by atoms with Gasteiger partial charge in [0.05, 0.1) is 11.6 Å². The number of aromatic nitrogens is 1. The number of pyridine rings is 1. The van der Waals surface area contributed by atoms with Crippen molar-refractivity contribution in [1.29, 1.82) is 5.26 Å². The summed E-state index contributed by atoms with van der Waals surface area (Å²) in [5.41, 5.74) is 2.31. The number of benzene rings is 1. The van der Waals surface area contributed by atoms with E-state index in [0.29, 0.717) is 23.6 Å². The molecule has 0 aliphatic rings. The van der Waals surface area contributed by atoms with Crippen LogP contribution in [0.25, 0.3) is 0 Å². The Balaban J connectivity index is 2.17. The Kier molecular flexibility index (Phi) is 4.11. The van der Waals surface area contributed by atoms with Crippen molar-refractivity contribution < 1.29 is 9.84 Å². The summed E-state index contributed by atoms with van der Waals surface area (Å²) >= 11 is 0. The Morgan fingerprint density at radius 2 is 2.00 bits per heavy atom. The summed E-state index contributed by atoms with van der Waals surface area (Å²) in [5.74, 6) is 1.06. The van der Waals surface area contributed by atoms with Gasteiger partial charge in [-0.1, -0.05) is 12.1 Å². The van der Waals surface area contributed by atoms with E-state index in [-0.39, 0.29) is 6.61 Å². The lowest BCUT2D eigenvalue weighted by atomic mass is 10.1. The number of aliphatic hydroxyl groups is 1. The number of hydrogen-bond acceptors (Lipinski definition) is 4. The molecule has 0 fully saturated rings. The van der Waals surface area contributed by atoms with Crippen LogP contribution < -0.4 is 4.74 Å². The van der Waals surface area contributed by atoms with E-state index in [9.17, 15) is 0 Å². The van der Waals surface area contributed by atoms with Gasteiger partial charge < -0.3 is 9.84 Å². The van der Waals surface area contributed by atoms with Crippen LogP contribution in [0.5, 0.6) is 11.6 Å². The van der Waals surface area contributed by atoms with Gasteiger partial charge in [-0.15, -0.1) is 0 Å². The van der Waals surface area contributed by atoms with Crippen LogP contribution in [0.3, 0.4) is 0 Å². The minimum atomic E-state index is 0.130. The molecule has 0 spiro atoms. The fraction of sp³-hybridized carbons (Fsp3) is 0.200. The second-order valence-electron chi connectivity index (χ2n) is 4.17. The molecular formula is C15H14N2O2. The van der Waals surface area contributed by atoms with Crippen LogP contribution in [0.4, 0.5) is 0 Å². The van der Waals surface area contributed by atoms with Crippen molar-refractivity contribution in [1.82, 2.24) is 4.98 Å². The molecule has 96 valence electrons. The number of nitriles is 1. The lowest BCUT2D eigenvalue weighted by Gasteiger charge is -2.06. The van der Waals surface area contributed by atoms with Gasteiger partial charge in [-0.3, -0.25) is 0 Å². The third-order valence-corrected chi connectivity index (χ3v) is 2.61. The van der Waals surface area contributed by atoms with Gasteiger partial charge in [-0.2, -0.15) is 5.26 Å². The molecule has 0 aliphatic carbocycles. The van der Waals surface area contributed by atoms with Crippen LogP contribution in [0.1, 0.15) is 16.8 Å². The highest BCUT2D eigenvalue weighted by atomic mass is 16.5. The first kappa shape index (κ1) is 13.1. The van der Waals surface area contributed by atoms with Gasteiger partial charge in [0, 0.05) is 18.4 Å². The zero-order chi connectivity index (χ0) is 13.7. The van der Waals surface area contributed by atoms with Crippen molar-refractivity contribution >= 4 is 0 Å². The minimum absolute atomic E-state index is 0.130. The van der Waals surface area contributed by atoms with Gasteiger partial charge in [0.15, 0.2) is 0 Å². The quantitative estimate of drug-likeness (QED) is 0.910. The summed E-state index contributed by atoms with van der Waals surface area (Å²) in [4.78, 5) is 4.22. The highest BCUT2D eigenvalue weighted by Crippen LogP contribution is 2.21. The van der Waals surface area contributed by atoms with Gasteiger partial charge in [0.1, 0.15) is 5.75 Å². The van der Waals surface area contributed by atoms with Crippen molar-refractivity contribution in [2.45, 2.75) is 13.3 Å². The molecule has 4 nitrogen and oxygen atoms in total. The standard InChI is InChI=1S/C15H14N2O2/c1-11-8-13(10-16)9-15(17-11)19-14-4-2-12(3-5-14)6-7-18/h2-5,8-9,18H,6-7H2,1H3. The van der Waals surface area contributed by atoms with E-state index in [2.05, 4.69) is 11.1 Å². The van der Waals surface area contributed by atoms with Gasteiger partial charge in [0.2, 0.25) is 5.88 Å². The fourth-order valence-electron chi connectivity index (χ4n) is 1.73. The molecule has 1 heterocycles. The molecule has 19 heavy (non-hydrogen) atoms. The predicted molar refractivity (Wildman–Crippen MR) is 71.0 cm³/mol. The Morgan fingerprint density at radius 3 is 2.63 bits per heavy atom.